The topological polar surface area (TPSA) is 33.7 Å². The highest BCUT2D eigenvalue weighted by Crippen LogP contribution is 2.28. The van der Waals surface area contributed by atoms with Gasteiger partial charge in [0.2, 0.25) is 0 Å². The Labute approximate surface area is 115 Å². The fourth-order valence-electron chi connectivity index (χ4n) is 2.66. The van der Waals surface area contributed by atoms with E-state index >= 15 is 0 Å². The number of rotatable bonds is 6. The van der Waals surface area contributed by atoms with Crippen molar-refractivity contribution in [3.8, 4) is 5.75 Å². The second-order valence-electron chi connectivity index (χ2n) is 5.01. The van der Waals surface area contributed by atoms with Crippen molar-refractivity contribution in [1.82, 2.24) is 5.32 Å². The fourth-order valence-corrected chi connectivity index (χ4v) is 2.66. The van der Waals surface area contributed by atoms with Crippen LogP contribution >= 0.6 is 0 Å². The third-order valence-corrected chi connectivity index (χ3v) is 3.67. The van der Waals surface area contributed by atoms with E-state index in [-0.39, 0.29) is 0 Å². The molecule has 0 aromatic heterocycles. The first-order valence-corrected chi connectivity index (χ1v) is 6.91. The fraction of sp³-hybridized carbons (Fsp3) is 0.600. The molecule has 0 bridgehead atoms. The van der Waals surface area contributed by atoms with Crippen LogP contribution in [0.2, 0.25) is 0 Å². The molecule has 4 nitrogen and oxygen atoms in total. The minimum Gasteiger partial charge on any atom is -0.495 e. The van der Waals surface area contributed by atoms with Crippen LogP contribution in [0.1, 0.15) is 6.92 Å². The third kappa shape index (κ3) is 3.39. The Hall–Kier alpha value is -1.26. The number of ether oxygens (including phenoxy) is 2. The zero-order chi connectivity index (χ0) is 13.7. The Morgan fingerprint density at radius 1 is 1.37 bits per heavy atom. The van der Waals surface area contributed by atoms with Crippen molar-refractivity contribution in [2.75, 3.05) is 45.4 Å². The summed E-state index contributed by atoms with van der Waals surface area (Å²) < 4.78 is 11.0. The first-order chi connectivity index (χ1) is 9.26. The molecule has 106 valence electrons. The maximum atomic E-state index is 5.60. The Morgan fingerprint density at radius 2 is 2.16 bits per heavy atom. The molecule has 0 saturated carbocycles. The van der Waals surface area contributed by atoms with Crippen LogP contribution in [-0.4, -0.2) is 46.5 Å². The van der Waals surface area contributed by atoms with Gasteiger partial charge in [-0.3, -0.25) is 0 Å². The number of nitrogens with zero attached hydrogens (tertiary/aromatic N) is 1. The van der Waals surface area contributed by atoms with Gasteiger partial charge in [-0.1, -0.05) is 19.1 Å². The van der Waals surface area contributed by atoms with Gasteiger partial charge in [-0.05, 0) is 18.7 Å². The molecule has 1 aromatic rings. The van der Waals surface area contributed by atoms with Crippen molar-refractivity contribution >= 4 is 5.69 Å². The van der Waals surface area contributed by atoms with E-state index in [4.69, 9.17) is 9.47 Å². The average molecular weight is 264 g/mol. The van der Waals surface area contributed by atoms with Crippen LogP contribution in [0.15, 0.2) is 24.3 Å². The summed E-state index contributed by atoms with van der Waals surface area (Å²) in [6, 6.07) is 8.59. The van der Waals surface area contributed by atoms with E-state index in [0.717, 1.165) is 37.7 Å². The summed E-state index contributed by atoms with van der Waals surface area (Å²) in [6.07, 6.45) is 0. The zero-order valence-electron chi connectivity index (χ0n) is 12.1. The lowest BCUT2D eigenvalue weighted by atomic mass is 10.0. The van der Waals surface area contributed by atoms with E-state index in [0.29, 0.717) is 12.0 Å². The zero-order valence-corrected chi connectivity index (χ0v) is 12.1. The third-order valence-electron chi connectivity index (χ3n) is 3.67. The van der Waals surface area contributed by atoms with E-state index in [2.05, 4.69) is 30.3 Å². The summed E-state index contributed by atoms with van der Waals surface area (Å²) in [7, 11) is 3.83. The number of hydrogen-bond donors (Lipinski definition) is 1. The maximum Gasteiger partial charge on any atom is 0.142 e. The smallest absolute Gasteiger partial charge is 0.142 e. The Bertz CT molecular complexity index is 397. The van der Waals surface area contributed by atoms with E-state index in [1.165, 1.54) is 0 Å². The molecule has 1 aromatic carbocycles. The molecule has 0 aliphatic carbocycles. The number of anilines is 1. The molecule has 1 heterocycles. The molecule has 1 N–H and O–H groups in total. The van der Waals surface area contributed by atoms with Crippen LogP contribution in [0, 0.1) is 5.92 Å². The lowest BCUT2D eigenvalue weighted by Crippen LogP contribution is -2.40. The first-order valence-electron chi connectivity index (χ1n) is 6.91. The van der Waals surface area contributed by atoms with Crippen molar-refractivity contribution in [3.05, 3.63) is 24.3 Å². The second-order valence-corrected chi connectivity index (χ2v) is 5.01. The van der Waals surface area contributed by atoms with Crippen LogP contribution in [0.5, 0.6) is 5.75 Å². The monoisotopic (exact) mass is 264 g/mol. The summed E-state index contributed by atoms with van der Waals surface area (Å²) in [5.41, 5.74) is 1.13. The predicted molar refractivity (Wildman–Crippen MR) is 78.0 cm³/mol. The molecule has 2 rings (SSSR count). The summed E-state index contributed by atoms with van der Waals surface area (Å²) in [4.78, 5) is 2.25. The number of hydrogen-bond acceptors (Lipinski definition) is 4. The standard InChI is InChI=1S/C15H24N2O2/c1-4-16-13-11-19-10-12(13)9-17(2)14-7-5-6-8-15(14)18-3/h5-8,12-13,16H,4,9-11H2,1-3H3. The lowest BCUT2D eigenvalue weighted by Gasteiger charge is -2.27. The van der Waals surface area contributed by atoms with Crippen LogP contribution in [-0.2, 0) is 4.74 Å². The van der Waals surface area contributed by atoms with Gasteiger partial charge >= 0.3 is 0 Å². The second kappa shape index (κ2) is 6.78. The Balaban J connectivity index is 2.02. The van der Waals surface area contributed by atoms with Crippen molar-refractivity contribution in [2.45, 2.75) is 13.0 Å². The van der Waals surface area contributed by atoms with Gasteiger partial charge in [-0.2, -0.15) is 0 Å². The van der Waals surface area contributed by atoms with Gasteiger partial charge in [0.05, 0.1) is 26.0 Å². The Kier molecular flexibility index (Phi) is 5.05. The van der Waals surface area contributed by atoms with Gasteiger partial charge in [0.25, 0.3) is 0 Å². The molecule has 1 fully saturated rings. The summed E-state index contributed by atoms with van der Waals surface area (Å²) >= 11 is 0. The van der Waals surface area contributed by atoms with Crippen LogP contribution < -0.4 is 15.0 Å². The van der Waals surface area contributed by atoms with Crippen molar-refractivity contribution in [2.24, 2.45) is 5.92 Å². The number of methoxy groups -OCH3 is 1. The van der Waals surface area contributed by atoms with Crippen LogP contribution in [0.4, 0.5) is 5.69 Å². The van der Waals surface area contributed by atoms with E-state index in [9.17, 15) is 0 Å². The van der Waals surface area contributed by atoms with Gasteiger partial charge < -0.3 is 19.7 Å². The van der Waals surface area contributed by atoms with Crippen molar-refractivity contribution < 1.29 is 9.47 Å². The van der Waals surface area contributed by atoms with Crippen LogP contribution in [0.25, 0.3) is 0 Å². The molecule has 4 heteroatoms. The minimum absolute atomic E-state index is 0.460. The van der Waals surface area contributed by atoms with Gasteiger partial charge in [-0.25, -0.2) is 0 Å². The van der Waals surface area contributed by atoms with E-state index in [1.54, 1.807) is 7.11 Å². The van der Waals surface area contributed by atoms with Crippen LogP contribution in [0.3, 0.4) is 0 Å². The van der Waals surface area contributed by atoms with Gasteiger partial charge in [0, 0.05) is 25.6 Å². The van der Waals surface area contributed by atoms with E-state index in [1.807, 2.05) is 18.2 Å². The number of benzene rings is 1. The van der Waals surface area contributed by atoms with E-state index < -0.39 is 0 Å². The predicted octanol–water partition coefficient (Wildman–Crippen LogP) is 1.76. The molecule has 2 unspecified atom stereocenters. The Morgan fingerprint density at radius 3 is 2.89 bits per heavy atom. The normalized spacial score (nSPS) is 22.5. The number of nitrogens with one attached hydrogen (secondary N) is 1. The van der Waals surface area contributed by atoms with Crippen molar-refractivity contribution in [1.29, 1.82) is 0 Å². The molecule has 2 atom stereocenters. The highest BCUT2D eigenvalue weighted by Gasteiger charge is 2.28. The summed E-state index contributed by atoms with van der Waals surface area (Å²) in [5, 5.41) is 3.50. The highest BCUT2D eigenvalue weighted by molar-refractivity contribution is 5.57. The molecule has 0 radical (unpaired) electrons. The highest BCUT2D eigenvalue weighted by atomic mass is 16.5. The molecular weight excluding hydrogens is 240 g/mol. The summed E-state index contributed by atoms with van der Waals surface area (Å²) in [6.45, 7) is 5.75. The lowest BCUT2D eigenvalue weighted by molar-refractivity contribution is 0.183. The molecule has 1 saturated heterocycles. The molecule has 1 aliphatic rings. The molecule has 1 aliphatic heterocycles. The van der Waals surface area contributed by atoms with Gasteiger partial charge in [0.1, 0.15) is 5.75 Å². The molecule has 19 heavy (non-hydrogen) atoms. The number of para-hydroxylation sites is 2. The van der Waals surface area contributed by atoms with Gasteiger partial charge in [0.15, 0.2) is 0 Å². The van der Waals surface area contributed by atoms with Gasteiger partial charge in [-0.15, -0.1) is 0 Å². The molecule has 0 spiro atoms. The first kappa shape index (κ1) is 14.2. The summed E-state index contributed by atoms with van der Waals surface area (Å²) in [5.74, 6) is 1.44. The van der Waals surface area contributed by atoms with Crippen molar-refractivity contribution in [3.63, 3.8) is 0 Å². The average Bonchev–Trinajstić information content (AvgIpc) is 2.86. The largest absolute Gasteiger partial charge is 0.495 e. The quantitative estimate of drug-likeness (QED) is 0.849. The molecular formula is C15H24N2O2. The SMILES string of the molecule is CCNC1COCC1CN(C)c1ccccc1OC. The minimum atomic E-state index is 0.460. The number of likely N-dealkylation sites (N-methyl/N-ethyl adjacent to an activating group) is 1. The molecule has 0 amide bonds. The maximum absolute atomic E-state index is 5.60.